The van der Waals surface area contributed by atoms with Gasteiger partial charge in [-0.15, -0.1) is 0 Å². The predicted octanol–water partition coefficient (Wildman–Crippen LogP) is 0.551. The Morgan fingerprint density at radius 2 is 1.50 bits per heavy atom. The standard InChI is InChI=1S/C7H11N5/c1-2-4-5(12-6(2)9)3(8)7(10)11-4/h11-12H,8-10H2,1H3. The van der Waals surface area contributed by atoms with Gasteiger partial charge in [-0.2, -0.15) is 0 Å². The Kier molecular flexibility index (Phi) is 1.08. The zero-order valence-corrected chi connectivity index (χ0v) is 6.73. The van der Waals surface area contributed by atoms with Crippen LogP contribution in [0.2, 0.25) is 0 Å². The molecule has 0 amide bonds. The van der Waals surface area contributed by atoms with Crippen molar-refractivity contribution in [3.63, 3.8) is 0 Å². The van der Waals surface area contributed by atoms with Crippen molar-refractivity contribution in [3.05, 3.63) is 5.56 Å². The van der Waals surface area contributed by atoms with Gasteiger partial charge in [0.15, 0.2) is 0 Å². The second-order valence-corrected chi connectivity index (χ2v) is 2.87. The fourth-order valence-electron chi connectivity index (χ4n) is 1.31. The lowest BCUT2D eigenvalue weighted by Crippen LogP contribution is -1.93. The molecule has 0 radical (unpaired) electrons. The number of nitrogen functional groups attached to an aromatic ring is 3. The van der Waals surface area contributed by atoms with Crippen LogP contribution in [0.5, 0.6) is 0 Å². The molecule has 2 aromatic rings. The van der Waals surface area contributed by atoms with E-state index in [1.165, 1.54) is 0 Å². The highest BCUT2D eigenvalue weighted by Crippen LogP contribution is 2.30. The van der Waals surface area contributed by atoms with E-state index in [0.29, 0.717) is 17.3 Å². The van der Waals surface area contributed by atoms with Gasteiger partial charge in [0, 0.05) is 5.56 Å². The van der Waals surface area contributed by atoms with Gasteiger partial charge in [-0.1, -0.05) is 0 Å². The summed E-state index contributed by atoms with van der Waals surface area (Å²) in [7, 11) is 0. The molecule has 2 aromatic heterocycles. The molecule has 0 unspecified atom stereocenters. The average molecular weight is 165 g/mol. The SMILES string of the molecule is Cc1c(N)[nH]c2c(N)c(N)[nH]c12. The number of anilines is 3. The molecule has 2 rings (SSSR count). The minimum atomic E-state index is 0.486. The molecule has 0 aliphatic heterocycles. The number of fused-ring (bicyclic) bond motifs is 1. The fourth-order valence-corrected chi connectivity index (χ4v) is 1.31. The second kappa shape index (κ2) is 1.88. The Hall–Kier alpha value is -1.78. The van der Waals surface area contributed by atoms with Crippen molar-refractivity contribution >= 4 is 28.4 Å². The van der Waals surface area contributed by atoms with Crippen molar-refractivity contribution < 1.29 is 0 Å². The summed E-state index contributed by atoms with van der Waals surface area (Å²) in [4.78, 5) is 5.91. The molecule has 12 heavy (non-hydrogen) atoms. The summed E-state index contributed by atoms with van der Waals surface area (Å²) in [6, 6.07) is 0. The van der Waals surface area contributed by atoms with Crippen molar-refractivity contribution in [2.45, 2.75) is 6.92 Å². The maximum atomic E-state index is 5.68. The second-order valence-electron chi connectivity index (χ2n) is 2.87. The van der Waals surface area contributed by atoms with Crippen LogP contribution < -0.4 is 17.2 Å². The molecule has 2 heterocycles. The molecule has 0 aliphatic rings. The smallest absolute Gasteiger partial charge is 0.127 e. The normalized spacial score (nSPS) is 11.1. The van der Waals surface area contributed by atoms with Crippen molar-refractivity contribution in [2.24, 2.45) is 0 Å². The van der Waals surface area contributed by atoms with E-state index < -0.39 is 0 Å². The zero-order valence-electron chi connectivity index (χ0n) is 6.73. The van der Waals surface area contributed by atoms with Gasteiger partial charge in [-0.3, -0.25) is 0 Å². The molecule has 64 valence electrons. The zero-order chi connectivity index (χ0) is 8.88. The first kappa shape index (κ1) is 6.90. The van der Waals surface area contributed by atoms with Crippen molar-refractivity contribution in [1.82, 2.24) is 9.97 Å². The van der Waals surface area contributed by atoms with E-state index in [1.807, 2.05) is 6.92 Å². The Morgan fingerprint density at radius 3 is 2.08 bits per heavy atom. The molecule has 0 saturated heterocycles. The molecule has 5 nitrogen and oxygen atoms in total. The summed E-state index contributed by atoms with van der Waals surface area (Å²) in [6.07, 6.45) is 0. The van der Waals surface area contributed by atoms with Crippen molar-refractivity contribution in [1.29, 1.82) is 0 Å². The van der Waals surface area contributed by atoms with E-state index in [-0.39, 0.29) is 0 Å². The van der Waals surface area contributed by atoms with E-state index in [2.05, 4.69) is 9.97 Å². The third-order valence-corrected chi connectivity index (χ3v) is 2.11. The third kappa shape index (κ3) is 0.623. The molecule has 0 bridgehead atoms. The maximum Gasteiger partial charge on any atom is 0.127 e. The average Bonchev–Trinajstić information content (AvgIpc) is 2.43. The summed E-state index contributed by atoms with van der Waals surface area (Å²) < 4.78 is 0. The molecule has 0 aromatic carbocycles. The van der Waals surface area contributed by atoms with Gasteiger partial charge in [-0.05, 0) is 6.92 Å². The first-order valence-corrected chi connectivity index (χ1v) is 3.62. The van der Waals surface area contributed by atoms with E-state index in [4.69, 9.17) is 17.2 Å². The van der Waals surface area contributed by atoms with Crippen LogP contribution in [0.1, 0.15) is 5.56 Å². The summed E-state index contributed by atoms with van der Waals surface area (Å²) >= 11 is 0. The Morgan fingerprint density at radius 1 is 0.917 bits per heavy atom. The lowest BCUT2D eigenvalue weighted by molar-refractivity contribution is 1.39. The largest absolute Gasteiger partial charge is 0.394 e. The number of nitrogens with two attached hydrogens (primary N) is 3. The van der Waals surface area contributed by atoms with E-state index in [0.717, 1.165) is 16.6 Å². The van der Waals surface area contributed by atoms with Crippen LogP contribution in [0.15, 0.2) is 0 Å². The number of aryl methyl sites for hydroxylation is 1. The number of hydrogen-bond donors (Lipinski definition) is 5. The van der Waals surface area contributed by atoms with Gasteiger partial charge in [0.25, 0.3) is 0 Å². The van der Waals surface area contributed by atoms with E-state index in [9.17, 15) is 0 Å². The topological polar surface area (TPSA) is 110 Å². The van der Waals surface area contributed by atoms with Gasteiger partial charge in [0.05, 0.1) is 16.7 Å². The summed E-state index contributed by atoms with van der Waals surface area (Å²) in [5, 5.41) is 0. The summed E-state index contributed by atoms with van der Waals surface area (Å²) in [6.45, 7) is 1.91. The van der Waals surface area contributed by atoms with E-state index >= 15 is 0 Å². The number of aromatic nitrogens is 2. The van der Waals surface area contributed by atoms with Gasteiger partial charge in [-0.25, -0.2) is 0 Å². The Bertz CT molecular complexity index is 394. The van der Waals surface area contributed by atoms with Crippen LogP contribution >= 0.6 is 0 Å². The van der Waals surface area contributed by atoms with Crippen LogP contribution in [0.25, 0.3) is 11.0 Å². The number of hydrogen-bond acceptors (Lipinski definition) is 3. The Labute approximate surface area is 68.9 Å². The lowest BCUT2D eigenvalue weighted by atomic mass is 10.3. The Balaban J connectivity index is 2.93. The quantitative estimate of drug-likeness (QED) is 0.393. The van der Waals surface area contributed by atoms with Gasteiger partial charge in [0.1, 0.15) is 11.6 Å². The molecule has 0 saturated carbocycles. The summed E-state index contributed by atoms with van der Waals surface area (Å²) in [5.41, 5.74) is 20.1. The van der Waals surface area contributed by atoms with Gasteiger partial charge in [0.2, 0.25) is 0 Å². The number of rotatable bonds is 0. The highest BCUT2D eigenvalue weighted by atomic mass is 15.0. The van der Waals surface area contributed by atoms with E-state index in [1.54, 1.807) is 0 Å². The molecule has 0 spiro atoms. The first-order valence-electron chi connectivity index (χ1n) is 3.62. The van der Waals surface area contributed by atoms with Crippen LogP contribution in [0.3, 0.4) is 0 Å². The molecule has 8 N–H and O–H groups in total. The van der Waals surface area contributed by atoms with Crippen molar-refractivity contribution in [2.75, 3.05) is 17.2 Å². The minimum absolute atomic E-state index is 0.486. The van der Waals surface area contributed by atoms with Crippen LogP contribution in [0.4, 0.5) is 17.3 Å². The minimum Gasteiger partial charge on any atom is -0.394 e. The van der Waals surface area contributed by atoms with Gasteiger partial charge >= 0.3 is 0 Å². The van der Waals surface area contributed by atoms with Gasteiger partial charge < -0.3 is 27.2 Å². The molecular formula is C7H11N5. The monoisotopic (exact) mass is 165 g/mol. The number of H-pyrrole nitrogens is 2. The molecule has 0 aliphatic carbocycles. The summed E-state index contributed by atoms with van der Waals surface area (Å²) in [5.74, 6) is 1.11. The number of nitrogens with one attached hydrogen (secondary N) is 2. The molecule has 5 heteroatoms. The molecule has 0 fully saturated rings. The third-order valence-electron chi connectivity index (χ3n) is 2.11. The van der Waals surface area contributed by atoms with Crippen LogP contribution in [0, 0.1) is 6.92 Å². The lowest BCUT2D eigenvalue weighted by Gasteiger charge is -1.90. The van der Waals surface area contributed by atoms with Crippen molar-refractivity contribution in [3.8, 4) is 0 Å². The first-order chi connectivity index (χ1) is 5.61. The predicted molar refractivity (Wildman–Crippen MR) is 50.6 cm³/mol. The van der Waals surface area contributed by atoms with Crippen LogP contribution in [-0.4, -0.2) is 9.97 Å². The highest BCUT2D eigenvalue weighted by Gasteiger charge is 2.11. The molecule has 0 atom stereocenters. The maximum absolute atomic E-state index is 5.68. The fraction of sp³-hybridized carbons (Fsp3) is 0.143. The molecular weight excluding hydrogens is 154 g/mol. The van der Waals surface area contributed by atoms with Crippen LogP contribution in [-0.2, 0) is 0 Å². The number of aromatic amines is 2. The highest BCUT2D eigenvalue weighted by molar-refractivity contribution is 5.99.